The first-order valence-corrected chi connectivity index (χ1v) is 12.7. The van der Waals surface area contributed by atoms with Crippen LogP contribution in [0.5, 0.6) is 5.75 Å². The fourth-order valence-corrected chi connectivity index (χ4v) is 5.51. The van der Waals surface area contributed by atoms with Gasteiger partial charge in [0.15, 0.2) is 5.82 Å². The maximum absolute atomic E-state index is 11.5. The van der Waals surface area contributed by atoms with Crippen LogP contribution in [-0.4, -0.2) is 75.3 Å². The van der Waals surface area contributed by atoms with E-state index in [1.54, 1.807) is 14.0 Å². The van der Waals surface area contributed by atoms with E-state index in [0.717, 1.165) is 80.2 Å². The van der Waals surface area contributed by atoms with Crippen LogP contribution in [0.15, 0.2) is 18.2 Å². The molecule has 3 N–H and O–H groups in total. The van der Waals surface area contributed by atoms with Gasteiger partial charge in [-0.25, -0.2) is 4.98 Å². The van der Waals surface area contributed by atoms with E-state index in [-0.39, 0.29) is 11.9 Å². The molecule has 2 aliphatic heterocycles. The highest BCUT2D eigenvalue weighted by molar-refractivity contribution is 5.88. The van der Waals surface area contributed by atoms with Gasteiger partial charge in [-0.2, -0.15) is 10.1 Å². The number of nitrogens with two attached hydrogens (primary N) is 1. The predicted molar refractivity (Wildman–Crippen MR) is 140 cm³/mol. The van der Waals surface area contributed by atoms with Crippen LogP contribution in [0.4, 0.5) is 11.8 Å². The molecule has 0 unspecified atom stereocenters. The molecule has 2 aromatic heterocycles. The van der Waals surface area contributed by atoms with Crippen LogP contribution in [0.25, 0.3) is 11.0 Å². The number of unbranched alkanes of at least 4 members (excludes halogenated alkanes) is 1. The maximum atomic E-state index is 11.5. The third kappa shape index (κ3) is 4.57. The van der Waals surface area contributed by atoms with Crippen LogP contribution < -0.4 is 15.8 Å². The van der Waals surface area contributed by atoms with Gasteiger partial charge in [0, 0.05) is 57.2 Å². The van der Waals surface area contributed by atoms with Crippen LogP contribution in [0.3, 0.4) is 0 Å². The smallest absolute Gasteiger partial charge is 0.222 e. The molecular weight excluding hydrogens is 456 g/mol. The molecule has 1 spiro atoms. The number of benzene rings is 1. The maximum Gasteiger partial charge on any atom is 0.222 e. The highest BCUT2D eigenvalue weighted by Gasteiger charge is 2.52. The Morgan fingerprint density at radius 1 is 1.19 bits per heavy atom. The summed E-state index contributed by atoms with van der Waals surface area (Å²) < 4.78 is 7.72. The van der Waals surface area contributed by atoms with E-state index in [1.165, 1.54) is 5.56 Å². The van der Waals surface area contributed by atoms with Crippen LogP contribution in [0.1, 0.15) is 43.5 Å². The number of carbonyl (C=O) groups excluding carboxylic acids is 1. The molecule has 4 heterocycles. The molecule has 2 fully saturated rings. The normalized spacial score (nSPS) is 16.7. The average Bonchev–Trinajstić information content (AvgIpc) is 3.10. The number of amides is 1. The van der Waals surface area contributed by atoms with Gasteiger partial charge in [-0.3, -0.25) is 14.4 Å². The molecule has 0 bridgehead atoms. The molecule has 36 heavy (non-hydrogen) atoms. The quantitative estimate of drug-likeness (QED) is 0.438. The minimum absolute atomic E-state index is 0.179. The third-order valence-electron chi connectivity index (χ3n) is 7.29. The lowest BCUT2D eigenvalue weighted by Gasteiger charge is -2.60. The number of likely N-dealkylation sites (tertiary alicyclic amines) is 2. The Morgan fingerprint density at radius 3 is 2.67 bits per heavy atom. The minimum Gasteiger partial charge on any atom is -0.496 e. The molecule has 10 heteroatoms. The first-order chi connectivity index (χ1) is 17.3. The fourth-order valence-electron chi connectivity index (χ4n) is 5.51. The van der Waals surface area contributed by atoms with Gasteiger partial charge in [-0.05, 0) is 25.0 Å². The van der Waals surface area contributed by atoms with Gasteiger partial charge < -0.3 is 20.7 Å². The zero-order chi connectivity index (χ0) is 25.4. The Labute approximate surface area is 211 Å². The number of fused-ring (bicyclic) bond motifs is 1. The number of carbonyl (C=O) groups is 1. The molecule has 0 aliphatic carbocycles. The molecule has 1 aromatic carbocycles. The number of methoxy groups -OCH3 is 1. The summed E-state index contributed by atoms with van der Waals surface area (Å²) in [5, 5.41) is 8.18. The Balaban J connectivity index is 1.31. The van der Waals surface area contributed by atoms with Crippen molar-refractivity contribution in [1.29, 1.82) is 0 Å². The fraction of sp³-hybridized carbons (Fsp3) is 0.538. The van der Waals surface area contributed by atoms with Gasteiger partial charge in [0.25, 0.3) is 0 Å². The number of ether oxygens (including phenoxy) is 1. The van der Waals surface area contributed by atoms with Crippen molar-refractivity contribution in [2.45, 2.75) is 46.7 Å². The lowest BCUT2D eigenvalue weighted by molar-refractivity contribution is -0.157. The third-order valence-corrected chi connectivity index (χ3v) is 7.29. The number of nitrogens with one attached hydrogen (secondary N) is 1. The Bertz CT molecular complexity index is 1270. The summed E-state index contributed by atoms with van der Waals surface area (Å²) >= 11 is 0. The van der Waals surface area contributed by atoms with Crippen LogP contribution in [-0.2, 0) is 17.9 Å². The zero-order valence-corrected chi connectivity index (χ0v) is 21.7. The van der Waals surface area contributed by atoms with Crippen molar-refractivity contribution < 1.29 is 9.53 Å². The Kier molecular flexibility index (Phi) is 6.46. The molecule has 10 nitrogen and oxygen atoms in total. The molecular formula is C26H36N8O2. The number of rotatable bonds is 9. The Hall–Kier alpha value is -3.40. The zero-order valence-electron chi connectivity index (χ0n) is 21.7. The van der Waals surface area contributed by atoms with Crippen molar-refractivity contribution in [1.82, 2.24) is 29.5 Å². The Morgan fingerprint density at radius 2 is 1.97 bits per heavy atom. The molecule has 0 radical (unpaired) electrons. The molecule has 0 atom stereocenters. The molecule has 5 rings (SSSR count). The van der Waals surface area contributed by atoms with Gasteiger partial charge in [0.2, 0.25) is 11.9 Å². The first kappa shape index (κ1) is 24.3. The van der Waals surface area contributed by atoms with Gasteiger partial charge in [0.1, 0.15) is 16.8 Å². The van der Waals surface area contributed by atoms with Crippen molar-refractivity contribution in [3.63, 3.8) is 0 Å². The number of nitrogens with zero attached hydrogens (tertiary/aromatic N) is 6. The van der Waals surface area contributed by atoms with E-state index in [9.17, 15) is 4.79 Å². The van der Waals surface area contributed by atoms with E-state index in [1.807, 2.05) is 16.5 Å². The van der Waals surface area contributed by atoms with E-state index >= 15 is 0 Å². The summed E-state index contributed by atoms with van der Waals surface area (Å²) in [5.41, 5.74) is 11.0. The van der Waals surface area contributed by atoms with Gasteiger partial charge in [-0.15, -0.1) is 0 Å². The summed E-state index contributed by atoms with van der Waals surface area (Å²) in [6.45, 7) is 11.8. The number of aromatic nitrogens is 4. The number of hydrogen-bond acceptors (Lipinski definition) is 8. The number of hydrogen-bond donors (Lipinski definition) is 2. The van der Waals surface area contributed by atoms with Crippen molar-refractivity contribution in [3.05, 3.63) is 35.0 Å². The van der Waals surface area contributed by atoms with Crippen molar-refractivity contribution >= 4 is 28.7 Å². The van der Waals surface area contributed by atoms with Gasteiger partial charge >= 0.3 is 0 Å². The summed E-state index contributed by atoms with van der Waals surface area (Å²) in [4.78, 5) is 24.8. The standard InChI is InChI=1S/C26H36N8O2/c1-5-6-9-28-24-23-22(29-25(27)30-24)17(2)31-34(23)12-20-8-7-19(10-21(20)36-4)11-32-13-26(14-32)15-33(16-26)18(3)35/h7-8,10H,5-6,9,11-16H2,1-4H3,(H3,27,28,29,30). The van der Waals surface area contributed by atoms with Crippen LogP contribution in [0, 0.1) is 12.3 Å². The second-order valence-corrected chi connectivity index (χ2v) is 10.3. The molecule has 0 saturated carbocycles. The van der Waals surface area contributed by atoms with Gasteiger partial charge in [-0.1, -0.05) is 25.5 Å². The second kappa shape index (κ2) is 9.57. The topological polar surface area (TPSA) is 114 Å². The second-order valence-electron chi connectivity index (χ2n) is 10.3. The van der Waals surface area contributed by atoms with Crippen LogP contribution in [0.2, 0.25) is 0 Å². The van der Waals surface area contributed by atoms with Gasteiger partial charge in [0.05, 0.1) is 19.3 Å². The SMILES string of the molecule is CCCCNc1nc(N)nc2c(C)nn(Cc3ccc(CN4CC5(C4)CN(C(C)=O)C5)cc3OC)c12. The van der Waals surface area contributed by atoms with Crippen LogP contribution >= 0.6 is 0 Å². The molecule has 3 aromatic rings. The largest absolute Gasteiger partial charge is 0.496 e. The number of nitrogen functional groups attached to an aromatic ring is 1. The average molecular weight is 493 g/mol. The monoisotopic (exact) mass is 492 g/mol. The number of anilines is 2. The molecule has 192 valence electrons. The first-order valence-electron chi connectivity index (χ1n) is 12.7. The highest BCUT2D eigenvalue weighted by Crippen LogP contribution is 2.40. The van der Waals surface area contributed by atoms with Crippen molar-refractivity contribution in [3.8, 4) is 5.75 Å². The van der Waals surface area contributed by atoms with E-state index in [4.69, 9.17) is 15.6 Å². The lowest BCUT2D eigenvalue weighted by atomic mass is 9.72. The van der Waals surface area contributed by atoms with E-state index in [2.05, 4.69) is 45.3 Å². The summed E-state index contributed by atoms with van der Waals surface area (Å²) in [6.07, 6.45) is 2.13. The van der Waals surface area contributed by atoms with Crippen molar-refractivity contribution in [2.75, 3.05) is 50.9 Å². The summed E-state index contributed by atoms with van der Waals surface area (Å²) in [5.74, 6) is 1.98. The minimum atomic E-state index is 0.179. The molecule has 2 saturated heterocycles. The lowest BCUT2D eigenvalue weighted by Crippen LogP contribution is -2.72. The summed E-state index contributed by atoms with van der Waals surface area (Å²) in [6, 6.07) is 6.41. The predicted octanol–water partition coefficient (Wildman–Crippen LogP) is 2.65. The summed E-state index contributed by atoms with van der Waals surface area (Å²) in [7, 11) is 1.71. The van der Waals surface area contributed by atoms with Crippen molar-refractivity contribution in [2.24, 2.45) is 5.41 Å². The van der Waals surface area contributed by atoms with E-state index in [0.29, 0.717) is 17.8 Å². The molecule has 1 amide bonds. The molecule has 2 aliphatic rings. The van der Waals surface area contributed by atoms with E-state index < -0.39 is 0 Å². The number of aryl methyl sites for hydroxylation is 1. The highest BCUT2D eigenvalue weighted by atomic mass is 16.5.